The number of nitrogens with zero attached hydrogens (tertiary/aromatic N) is 4. The zero-order chi connectivity index (χ0) is 25.1. The molecule has 3 aromatic rings. The van der Waals surface area contributed by atoms with E-state index in [0.717, 1.165) is 0 Å². The van der Waals surface area contributed by atoms with Crippen LogP contribution in [-0.2, 0) is 28.3 Å². The first-order valence-electron chi connectivity index (χ1n) is 9.98. The lowest BCUT2D eigenvalue weighted by Gasteiger charge is -2.19. The Bertz CT molecular complexity index is 1250. The second kappa shape index (κ2) is 10.1. The molecule has 0 aliphatic heterocycles. The lowest BCUT2D eigenvalue weighted by Crippen LogP contribution is -2.22. The van der Waals surface area contributed by atoms with Gasteiger partial charge in [-0.25, -0.2) is 14.2 Å². The van der Waals surface area contributed by atoms with Gasteiger partial charge in [0, 0.05) is 48.8 Å². The van der Waals surface area contributed by atoms with Crippen LogP contribution in [-0.4, -0.2) is 45.8 Å². The Hall–Kier alpha value is -2.98. The maximum absolute atomic E-state index is 13.6. The molecule has 0 amide bonds. The highest BCUT2D eigenvalue weighted by Crippen LogP contribution is 2.36. The van der Waals surface area contributed by atoms with Crippen LogP contribution in [0.25, 0.3) is 0 Å². The minimum absolute atomic E-state index is 0.0470. The van der Waals surface area contributed by atoms with Crippen molar-refractivity contribution in [3.63, 3.8) is 0 Å². The van der Waals surface area contributed by atoms with E-state index in [1.807, 2.05) is 0 Å². The zero-order valence-electron chi connectivity index (χ0n) is 18.9. The minimum Gasteiger partial charge on any atom is -0.365 e. The summed E-state index contributed by atoms with van der Waals surface area (Å²) >= 11 is 0. The summed E-state index contributed by atoms with van der Waals surface area (Å²) in [6.45, 7) is 3.20. The second-order valence-corrected chi connectivity index (χ2v) is 12.4. The highest BCUT2D eigenvalue weighted by Gasteiger charge is 2.35. The molecule has 1 unspecified atom stereocenters. The summed E-state index contributed by atoms with van der Waals surface area (Å²) < 4.78 is 66.4. The summed E-state index contributed by atoms with van der Waals surface area (Å²) in [6, 6.07) is 10.0. The van der Waals surface area contributed by atoms with Crippen molar-refractivity contribution >= 4 is 46.7 Å². The van der Waals surface area contributed by atoms with Gasteiger partial charge in [0.2, 0.25) is 5.95 Å². The molecule has 3 rings (SSSR count). The highest BCUT2D eigenvalue weighted by atomic mass is 32.2. The molecule has 0 aliphatic carbocycles. The molecule has 2 heterocycles. The van der Waals surface area contributed by atoms with E-state index in [-0.39, 0.29) is 12.5 Å². The second-order valence-electron chi connectivity index (χ2n) is 7.74. The first-order chi connectivity index (χ1) is 15.9. The first-order valence-corrected chi connectivity index (χ1v) is 14.1. The monoisotopic (exact) mass is 512 g/mol. The van der Waals surface area contributed by atoms with Gasteiger partial charge in [-0.3, -0.25) is 4.31 Å². The van der Waals surface area contributed by atoms with Crippen molar-refractivity contribution in [2.75, 3.05) is 41.6 Å². The number of alkyl halides is 3. The van der Waals surface area contributed by atoms with Gasteiger partial charge in [-0.2, -0.15) is 18.2 Å². The van der Waals surface area contributed by atoms with E-state index in [0.29, 0.717) is 28.6 Å². The van der Waals surface area contributed by atoms with Gasteiger partial charge in [0.25, 0.3) is 0 Å². The van der Waals surface area contributed by atoms with Gasteiger partial charge in [0.05, 0.1) is 0 Å². The Labute approximate surface area is 198 Å². The normalized spacial score (nSPS) is 12.8. The molecule has 1 atom stereocenters. The number of nitrogens with one attached hydrogen (secondary N) is 2. The molecular weight excluding hydrogens is 488 g/mol. The molecule has 182 valence electrons. The Balaban J connectivity index is 1.91. The van der Waals surface area contributed by atoms with Crippen LogP contribution in [0.2, 0.25) is 0 Å². The third-order valence-corrected chi connectivity index (χ3v) is 7.28. The number of hydrogen-bond acceptors (Lipinski definition) is 7. The Kier molecular flexibility index (Phi) is 7.62. The Morgan fingerprint density at radius 2 is 1.88 bits per heavy atom. The molecule has 0 saturated carbocycles. The fraction of sp³-hybridized carbons (Fsp3) is 0.286. The smallest absolute Gasteiger partial charge is 0.365 e. The molecular formula is C21H24F3N6O2PS. The van der Waals surface area contributed by atoms with E-state index < -0.39 is 35.7 Å². The summed E-state index contributed by atoms with van der Waals surface area (Å²) in [6.07, 6.45) is -1.00. The lowest BCUT2D eigenvalue weighted by molar-refractivity contribution is -0.137. The molecule has 0 aliphatic rings. The quantitative estimate of drug-likeness (QED) is 0.436. The van der Waals surface area contributed by atoms with E-state index in [1.165, 1.54) is 16.8 Å². The van der Waals surface area contributed by atoms with Crippen LogP contribution in [0.15, 0.2) is 48.8 Å². The van der Waals surface area contributed by atoms with Crippen LogP contribution >= 0.6 is 7.14 Å². The highest BCUT2D eigenvalue weighted by molar-refractivity contribution is 7.85. The number of benzene rings is 1. The fourth-order valence-corrected chi connectivity index (χ4v) is 4.29. The third kappa shape index (κ3) is 6.32. The molecule has 0 saturated heterocycles. The van der Waals surface area contributed by atoms with Crippen molar-refractivity contribution in [2.24, 2.45) is 0 Å². The topological polar surface area (TPSA) is 100 Å². The lowest BCUT2D eigenvalue weighted by atomic mass is 10.2. The number of hydrogen-bond donors (Lipinski definition) is 2. The maximum Gasteiger partial charge on any atom is 0.421 e. The van der Waals surface area contributed by atoms with Gasteiger partial charge in [0.1, 0.15) is 35.3 Å². The fourth-order valence-electron chi connectivity index (χ4n) is 2.98. The Morgan fingerprint density at radius 3 is 2.53 bits per heavy atom. The van der Waals surface area contributed by atoms with E-state index >= 15 is 0 Å². The molecule has 2 aromatic heterocycles. The van der Waals surface area contributed by atoms with Crippen molar-refractivity contribution in [3.05, 3.63) is 59.9 Å². The molecule has 8 nitrogen and oxygen atoms in total. The van der Waals surface area contributed by atoms with E-state index in [1.54, 1.807) is 56.8 Å². The van der Waals surface area contributed by atoms with Gasteiger partial charge < -0.3 is 15.2 Å². The number of pyridine rings is 1. The summed E-state index contributed by atoms with van der Waals surface area (Å²) in [5.74, 6) is -0.113. The van der Waals surface area contributed by atoms with Crippen molar-refractivity contribution in [1.82, 2.24) is 15.0 Å². The van der Waals surface area contributed by atoms with Crippen LogP contribution < -0.4 is 20.2 Å². The van der Waals surface area contributed by atoms with Crippen molar-refractivity contribution in [2.45, 2.75) is 12.7 Å². The maximum atomic E-state index is 13.6. The minimum atomic E-state index is -4.68. The van der Waals surface area contributed by atoms with Gasteiger partial charge >= 0.3 is 6.18 Å². The van der Waals surface area contributed by atoms with Gasteiger partial charge in [-0.1, -0.05) is 18.2 Å². The van der Waals surface area contributed by atoms with Gasteiger partial charge in [-0.15, -0.1) is 0 Å². The van der Waals surface area contributed by atoms with Crippen LogP contribution in [0.5, 0.6) is 0 Å². The SMILES string of the molecule is CN(c1ncccc1CNc1nc(Nc2cccc(P(C)(C)=O)c2)ncc1C(F)(F)F)S(C)=O. The van der Waals surface area contributed by atoms with E-state index in [4.69, 9.17) is 0 Å². The number of aromatic nitrogens is 3. The van der Waals surface area contributed by atoms with Crippen molar-refractivity contribution < 1.29 is 21.9 Å². The van der Waals surface area contributed by atoms with Crippen LogP contribution in [0, 0.1) is 0 Å². The predicted octanol–water partition coefficient (Wildman–Crippen LogP) is 4.22. The van der Waals surface area contributed by atoms with E-state index in [2.05, 4.69) is 25.6 Å². The van der Waals surface area contributed by atoms with Gasteiger partial charge in [0.15, 0.2) is 0 Å². The molecule has 0 spiro atoms. The average Bonchev–Trinajstić information content (AvgIpc) is 2.76. The molecule has 1 aromatic carbocycles. The van der Waals surface area contributed by atoms with Crippen molar-refractivity contribution in [3.8, 4) is 0 Å². The van der Waals surface area contributed by atoms with Crippen LogP contribution in [0.4, 0.5) is 36.4 Å². The molecule has 2 N–H and O–H groups in total. The predicted molar refractivity (Wildman–Crippen MR) is 130 cm³/mol. The summed E-state index contributed by atoms with van der Waals surface area (Å²) in [5, 5.41) is 6.19. The number of rotatable bonds is 8. The zero-order valence-corrected chi connectivity index (χ0v) is 20.6. The summed E-state index contributed by atoms with van der Waals surface area (Å²) in [4.78, 5) is 12.0. The van der Waals surface area contributed by atoms with Crippen LogP contribution in [0.3, 0.4) is 0 Å². The Morgan fingerprint density at radius 1 is 1.15 bits per heavy atom. The van der Waals surface area contributed by atoms with E-state index in [9.17, 15) is 21.9 Å². The molecule has 0 radical (unpaired) electrons. The van der Waals surface area contributed by atoms with Crippen molar-refractivity contribution in [1.29, 1.82) is 0 Å². The first kappa shape index (κ1) is 25.6. The molecule has 0 bridgehead atoms. The van der Waals surface area contributed by atoms with Crippen LogP contribution in [0.1, 0.15) is 11.1 Å². The largest absolute Gasteiger partial charge is 0.421 e. The molecule has 13 heteroatoms. The molecule has 0 fully saturated rings. The third-order valence-electron chi connectivity index (χ3n) is 4.82. The molecule has 34 heavy (non-hydrogen) atoms. The number of anilines is 4. The summed E-state index contributed by atoms with van der Waals surface area (Å²) in [7, 11) is -2.31. The average molecular weight is 512 g/mol. The summed E-state index contributed by atoms with van der Waals surface area (Å²) in [5.41, 5.74) is 0.000742. The standard InChI is InChI=1S/C21H24F3N6O2PS/c1-30(34(4)32)19-14(7-6-10-25-19)12-26-18-17(21(22,23)24)13-27-20(29-18)28-15-8-5-9-16(11-15)33(2,3)31/h5-11,13H,12H2,1-4H3,(H2,26,27,28,29). The van der Waals surface area contributed by atoms with Gasteiger partial charge in [-0.05, 0) is 31.5 Å². The number of halogens is 3.